The Morgan fingerprint density at radius 2 is 1.90 bits per heavy atom. The Morgan fingerprint density at radius 1 is 1.30 bits per heavy atom. The molecular weight excluding hydrogens is 237 g/mol. The van der Waals surface area contributed by atoms with E-state index < -0.39 is 0 Å². The molecule has 1 aromatic rings. The van der Waals surface area contributed by atoms with Crippen molar-refractivity contribution in [3.05, 3.63) is 43.2 Å². The lowest BCUT2D eigenvalue weighted by Gasteiger charge is -1.96. The van der Waals surface area contributed by atoms with Gasteiger partial charge in [0, 0.05) is 34.7 Å². The highest BCUT2D eigenvalue weighted by molar-refractivity contribution is 14.1. The van der Waals surface area contributed by atoms with Gasteiger partial charge >= 0.3 is 0 Å². The molecule has 2 heteroatoms. The van der Waals surface area contributed by atoms with Crippen LogP contribution in [0.15, 0.2) is 43.2 Å². The summed E-state index contributed by atoms with van der Waals surface area (Å²) in [6.45, 7) is 3.71. The van der Waals surface area contributed by atoms with Crippen molar-refractivity contribution in [1.82, 2.24) is 0 Å². The number of alkyl halides is 1. The minimum Gasteiger partial charge on any atom is -0.190 e. The quantitative estimate of drug-likeness (QED) is 0.325. The van der Waals surface area contributed by atoms with Gasteiger partial charge in [0.1, 0.15) is 0 Å². The van der Waals surface area contributed by atoms with Gasteiger partial charge in [-0.25, -0.2) is 0 Å². The van der Waals surface area contributed by atoms with Crippen LogP contribution in [0.4, 0.5) is 0 Å². The van der Waals surface area contributed by atoms with Crippen molar-refractivity contribution < 1.29 is 4.57 Å². The highest BCUT2D eigenvalue weighted by Crippen LogP contribution is 2.06. The maximum atomic E-state index is 3.71. The van der Waals surface area contributed by atoms with E-state index in [1.807, 2.05) is 36.7 Å². The summed E-state index contributed by atoms with van der Waals surface area (Å²) >= 11 is 2.32. The Morgan fingerprint density at radius 3 is 2.40 bits per heavy atom. The normalized spacial score (nSPS) is 12.5. The molecule has 1 unspecified atom stereocenters. The summed E-state index contributed by atoms with van der Waals surface area (Å²) in [7, 11) is 0. The molecule has 0 amide bonds. The minimum atomic E-state index is 0.360. The molecule has 0 spiro atoms. The molecule has 0 aliphatic heterocycles. The van der Waals surface area contributed by atoms with Crippen molar-refractivity contribution in [2.75, 3.05) is 0 Å². The first-order valence-corrected chi connectivity index (χ1v) is 4.31. The third kappa shape index (κ3) is 1.80. The lowest BCUT2D eigenvalue weighted by Crippen LogP contribution is -2.33. The van der Waals surface area contributed by atoms with Crippen LogP contribution in [0.5, 0.6) is 0 Å². The fourth-order valence-electron chi connectivity index (χ4n) is 0.698. The van der Waals surface area contributed by atoms with E-state index in [0.29, 0.717) is 4.05 Å². The van der Waals surface area contributed by atoms with Crippen molar-refractivity contribution in [2.45, 2.75) is 4.05 Å². The van der Waals surface area contributed by atoms with Crippen molar-refractivity contribution >= 4 is 22.6 Å². The van der Waals surface area contributed by atoms with Crippen molar-refractivity contribution in [3.8, 4) is 0 Å². The molecule has 0 fully saturated rings. The van der Waals surface area contributed by atoms with E-state index in [4.69, 9.17) is 0 Å². The zero-order valence-corrected chi connectivity index (χ0v) is 7.73. The molecule has 0 saturated carbocycles. The zero-order valence-electron chi connectivity index (χ0n) is 5.57. The molecule has 1 aromatic heterocycles. The molecule has 0 aliphatic rings. The predicted octanol–water partition coefficient (Wildman–Crippen LogP) is 2.09. The Hall–Kier alpha value is -0.380. The van der Waals surface area contributed by atoms with Crippen LogP contribution >= 0.6 is 22.6 Å². The third-order valence-corrected chi connectivity index (χ3v) is 2.37. The molecule has 1 nitrogen and oxygen atoms in total. The van der Waals surface area contributed by atoms with Crippen molar-refractivity contribution in [3.63, 3.8) is 0 Å². The maximum absolute atomic E-state index is 3.71. The van der Waals surface area contributed by atoms with E-state index in [9.17, 15) is 0 Å². The van der Waals surface area contributed by atoms with Gasteiger partial charge in [-0.1, -0.05) is 12.6 Å². The summed E-state index contributed by atoms with van der Waals surface area (Å²) in [4.78, 5) is 0. The molecule has 0 aromatic carbocycles. The van der Waals surface area contributed by atoms with Crippen LogP contribution < -0.4 is 4.57 Å². The van der Waals surface area contributed by atoms with E-state index in [0.717, 1.165) is 0 Å². The number of pyridine rings is 1. The molecule has 0 radical (unpaired) electrons. The van der Waals surface area contributed by atoms with Gasteiger partial charge in [-0.3, -0.25) is 0 Å². The third-order valence-electron chi connectivity index (χ3n) is 1.22. The topological polar surface area (TPSA) is 3.88 Å². The largest absolute Gasteiger partial charge is 0.225 e. The van der Waals surface area contributed by atoms with Gasteiger partial charge in [0.25, 0.3) is 0 Å². The number of aromatic nitrogens is 1. The predicted molar refractivity (Wildman–Crippen MR) is 49.9 cm³/mol. The summed E-state index contributed by atoms with van der Waals surface area (Å²) < 4.78 is 2.45. The van der Waals surface area contributed by atoms with Crippen LogP contribution in [-0.4, -0.2) is 0 Å². The first-order chi connectivity index (χ1) is 4.84. The van der Waals surface area contributed by atoms with Crippen molar-refractivity contribution in [1.29, 1.82) is 0 Å². The van der Waals surface area contributed by atoms with Gasteiger partial charge in [-0.05, 0) is 6.08 Å². The summed E-state index contributed by atoms with van der Waals surface area (Å²) in [6.07, 6.45) is 5.96. The molecular formula is C8H9IN+. The van der Waals surface area contributed by atoms with Crippen LogP contribution in [-0.2, 0) is 0 Å². The standard InChI is InChI=1S/C8H9IN/c1-2-8(9)10-6-4-3-5-7-10/h2-8H,1H2/q+1. The number of allylic oxidation sites excluding steroid dienone is 1. The zero-order chi connectivity index (χ0) is 7.40. The second-order valence-electron chi connectivity index (χ2n) is 1.93. The summed E-state index contributed by atoms with van der Waals surface area (Å²) in [5, 5.41) is 0. The Bertz CT molecular complexity index is 208. The van der Waals surface area contributed by atoms with Crippen LogP contribution in [0, 0.1) is 0 Å². The fourth-order valence-corrected chi connectivity index (χ4v) is 1.07. The van der Waals surface area contributed by atoms with E-state index in [-0.39, 0.29) is 0 Å². The lowest BCUT2D eigenvalue weighted by molar-refractivity contribution is -0.684. The van der Waals surface area contributed by atoms with Crippen LogP contribution in [0.2, 0.25) is 0 Å². The van der Waals surface area contributed by atoms with Gasteiger partial charge in [0.15, 0.2) is 12.4 Å². The summed E-state index contributed by atoms with van der Waals surface area (Å²) in [5.74, 6) is 0. The second-order valence-corrected chi connectivity index (χ2v) is 3.21. The molecule has 0 saturated heterocycles. The molecule has 1 atom stereocenters. The van der Waals surface area contributed by atoms with E-state index in [1.165, 1.54) is 0 Å². The van der Waals surface area contributed by atoms with Crippen LogP contribution in [0.25, 0.3) is 0 Å². The molecule has 1 heterocycles. The van der Waals surface area contributed by atoms with Crippen molar-refractivity contribution in [2.24, 2.45) is 0 Å². The molecule has 0 aliphatic carbocycles. The summed E-state index contributed by atoms with van der Waals surface area (Å²) in [5.41, 5.74) is 0. The van der Waals surface area contributed by atoms with Gasteiger partial charge in [0.2, 0.25) is 4.05 Å². The number of rotatable bonds is 2. The summed E-state index contributed by atoms with van der Waals surface area (Å²) in [6, 6.07) is 6.02. The number of hydrogen-bond acceptors (Lipinski definition) is 0. The highest BCUT2D eigenvalue weighted by atomic mass is 127. The molecule has 0 N–H and O–H groups in total. The number of halogens is 1. The Balaban J connectivity index is 2.84. The molecule has 52 valence electrons. The second kappa shape index (κ2) is 3.71. The maximum Gasteiger partial charge on any atom is 0.225 e. The fraction of sp³-hybridized carbons (Fsp3) is 0.125. The first-order valence-electron chi connectivity index (χ1n) is 3.07. The van der Waals surface area contributed by atoms with Gasteiger partial charge in [-0.15, -0.1) is 0 Å². The van der Waals surface area contributed by atoms with Gasteiger partial charge in [-0.2, -0.15) is 4.57 Å². The average Bonchev–Trinajstić information content (AvgIpc) is 2.05. The smallest absolute Gasteiger partial charge is 0.190 e. The van der Waals surface area contributed by atoms with Gasteiger partial charge in [0.05, 0.1) is 0 Å². The lowest BCUT2D eigenvalue weighted by atomic mass is 10.5. The SMILES string of the molecule is C=CC(I)[n+]1ccccc1. The molecule has 1 rings (SSSR count). The molecule has 0 bridgehead atoms. The Kier molecular flexibility index (Phi) is 2.86. The molecule has 10 heavy (non-hydrogen) atoms. The van der Waals surface area contributed by atoms with Crippen LogP contribution in [0.3, 0.4) is 0 Å². The number of hydrogen-bond donors (Lipinski definition) is 0. The number of nitrogens with zero attached hydrogens (tertiary/aromatic N) is 1. The highest BCUT2D eigenvalue weighted by Gasteiger charge is 2.05. The average molecular weight is 246 g/mol. The monoisotopic (exact) mass is 246 g/mol. The van der Waals surface area contributed by atoms with Gasteiger partial charge < -0.3 is 0 Å². The minimum absolute atomic E-state index is 0.360. The van der Waals surface area contributed by atoms with E-state index in [1.54, 1.807) is 0 Å². The first kappa shape index (κ1) is 7.72. The van der Waals surface area contributed by atoms with Crippen LogP contribution in [0.1, 0.15) is 4.05 Å². The van der Waals surface area contributed by atoms with E-state index >= 15 is 0 Å². The van der Waals surface area contributed by atoms with E-state index in [2.05, 4.69) is 33.7 Å². The Labute approximate surface area is 74.5 Å².